The second kappa shape index (κ2) is 7.17. The number of benzene rings is 1. The highest BCUT2D eigenvalue weighted by Crippen LogP contribution is 2.36. The SMILES string of the molecule is CCC[B-]1(CCC)N=C2C=CC=CN2C(=O)N1c1ccc(OC)cc1. The number of carbonyl (C=O) groups excluding carboxylic acids is 1. The van der Waals surface area contributed by atoms with Gasteiger partial charge in [0.2, 0.25) is 6.42 Å². The highest BCUT2D eigenvalue weighted by molar-refractivity contribution is 6.86. The lowest BCUT2D eigenvalue weighted by atomic mass is 9.39. The number of amides is 2. The van der Waals surface area contributed by atoms with Gasteiger partial charge in [0, 0.05) is 11.9 Å². The molecule has 0 fully saturated rings. The molecule has 6 heteroatoms. The van der Waals surface area contributed by atoms with Crippen molar-refractivity contribution in [2.75, 3.05) is 11.9 Å². The average Bonchev–Trinajstić information content (AvgIpc) is 2.63. The van der Waals surface area contributed by atoms with E-state index in [4.69, 9.17) is 9.64 Å². The first kappa shape index (κ1) is 17.3. The minimum Gasteiger partial charge on any atom is -0.497 e. The van der Waals surface area contributed by atoms with Crippen LogP contribution >= 0.6 is 0 Å². The highest BCUT2D eigenvalue weighted by atomic mass is 16.5. The van der Waals surface area contributed by atoms with E-state index < -0.39 is 6.42 Å². The normalized spacial score (nSPS) is 18.2. The summed E-state index contributed by atoms with van der Waals surface area (Å²) in [7, 11) is 1.64. The Hall–Kier alpha value is -2.50. The summed E-state index contributed by atoms with van der Waals surface area (Å²) in [6, 6.07) is 7.65. The minimum atomic E-state index is -1.36. The third-order valence-electron chi connectivity index (χ3n) is 4.96. The highest BCUT2D eigenvalue weighted by Gasteiger charge is 2.40. The molecule has 0 bridgehead atoms. The molecule has 0 atom stereocenters. The van der Waals surface area contributed by atoms with Crippen molar-refractivity contribution in [3.63, 3.8) is 0 Å². The molecule has 132 valence electrons. The fourth-order valence-electron chi connectivity index (χ4n) is 3.91. The van der Waals surface area contributed by atoms with E-state index in [0.717, 1.165) is 42.8 Å². The van der Waals surface area contributed by atoms with Crippen molar-refractivity contribution in [2.24, 2.45) is 4.90 Å². The Labute approximate surface area is 149 Å². The van der Waals surface area contributed by atoms with Crippen molar-refractivity contribution in [3.05, 3.63) is 48.7 Å². The largest absolute Gasteiger partial charge is 0.497 e. The maximum absolute atomic E-state index is 13.4. The number of methoxy groups -OCH3 is 1. The summed E-state index contributed by atoms with van der Waals surface area (Å²) in [5.41, 5.74) is 0.874. The second-order valence-corrected chi connectivity index (χ2v) is 6.62. The molecule has 2 aliphatic rings. The number of hydrogen-bond acceptors (Lipinski definition) is 3. The number of hydrogen-bond donors (Lipinski definition) is 0. The van der Waals surface area contributed by atoms with Gasteiger partial charge in [-0.05, 0) is 36.4 Å². The van der Waals surface area contributed by atoms with Gasteiger partial charge in [0.15, 0.2) is 0 Å². The van der Waals surface area contributed by atoms with Gasteiger partial charge in [-0.15, -0.1) is 12.6 Å². The number of carbonyl (C=O) groups is 1. The average molecular weight is 338 g/mol. The Balaban J connectivity index is 2.12. The number of fused-ring (bicyclic) bond motifs is 1. The quantitative estimate of drug-likeness (QED) is 0.707. The van der Waals surface area contributed by atoms with E-state index in [1.165, 1.54) is 0 Å². The topological polar surface area (TPSA) is 45.1 Å². The van der Waals surface area contributed by atoms with E-state index in [0.29, 0.717) is 0 Å². The Bertz CT molecular complexity index is 719. The van der Waals surface area contributed by atoms with E-state index in [1.54, 1.807) is 18.2 Å². The Morgan fingerprint density at radius 1 is 1.08 bits per heavy atom. The van der Waals surface area contributed by atoms with E-state index in [-0.39, 0.29) is 6.03 Å². The predicted molar refractivity (Wildman–Crippen MR) is 104 cm³/mol. The van der Waals surface area contributed by atoms with Gasteiger partial charge in [-0.2, -0.15) is 0 Å². The third-order valence-corrected chi connectivity index (χ3v) is 4.96. The van der Waals surface area contributed by atoms with Gasteiger partial charge >= 0.3 is 0 Å². The number of ether oxygens (including phenoxy) is 1. The molecular weight excluding hydrogens is 313 g/mol. The van der Waals surface area contributed by atoms with Crippen molar-refractivity contribution >= 4 is 24.0 Å². The minimum absolute atomic E-state index is 0.0299. The first-order chi connectivity index (χ1) is 12.1. The lowest BCUT2D eigenvalue weighted by Gasteiger charge is -2.53. The number of amidine groups is 1. The molecule has 5 nitrogen and oxygen atoms in total. The lowest BCUT2D eigenvalue weighted by Crippen LogP contribution is -2.64. The van der Waals surface area contributed by atoms with E-state index in [9.17, 15) is 4.79 Å². The van der Waals surface area contributed by atoms with Crippen molar-refractivity contribution in [1.82, 2.24) is 4.90 Å². The van der Waals surface area contributed by atoms with Gasteiger partial charge in [-0.25, -0.2) is 0 Å². The number of nitrogens with zero attached hydrogens (tertiary/aromatic N) is 3. The van der Waals surface area contributed by atoms with Crippen LogP contribution in [0.25, 0.3) is 0 Å². The molecule has 1 aromatic carbocycles. The van der Waals surface area contributed by atoms with Crippen molar-refractivity contribution in [3.8, 4) is 5.75 Å². The molecular formula is C19H25BN3O2-. The van der Waals surface area contributed by atoms with Crippen LogP contribution < -0.4 is 9.55 Å². The zero-order valence-corrected chi connectivity index (χ0v) is 15.2. The van der Waals surface area contributed by atoms with Crippen LogP contribution in [0.15, 0.2) is 53.6 Å². The summed E-state index contributed by atoms with van der Waals surface area (Å²) in [5.74, 6) is 1.53. The van der Waals surface area contributed by atoms with E-state index in [1.807, 2.05) is 47.3 Å². The first-order valence-corrected chi connectivity index (χ1v) is 9.05. The van der Waals surface area contributed by atoms with Crippen molar-refractivity contribution < 1.29 is 9.53 Å². The summed E-state index contributed by atoms with van der Waals surface area (Å²) >= 11 is 0. The molecule has 3 rings (SSSR count). The monoisotopic (exact) mass is 338 g/mol. The molecule has 2 amide bonds. The smallest absolute Gasteiger partial charge is 0.295 e. The molecule has 1 aromatic rings. The molecule has 0 spiro atoms. The molecule has 25 heavy (non-hydrogen) atoms. The maximum atomic E-state index is 13.4. The van der Waals surface area contributed by atoms with Crippen LogP contribution in [0.1, 0.15) is 26.7 Å². The summed E-state index contributed by atoms with van der Waals surface area (Å²) in [6.45, 7) is 4.30. The summed E-state index contributed by atoms with van der Waals surface area (Å²) in [6.07, 6.45) is 9.90. The van der Waals surface area contributed by atoms with Crippen LogP contribution in [0, 0.1) is 0 Å². The number of urea groups is 1. The van der Waals surface area contributed by atoms with Crippen molar-refractivity contribution in [1.29, 1.82) is 0 Å². The second-order valence-electron chi connectivity index (χ2n) is 6.62. The molecule has 0 aromatic heterocycles. The van der Waals surface area contributed by atoms with Gasteiger partial charge in [-0.3, -0.25) is 9.69 Å². The molecule has 0 N–H and O–H groups in total. The van der Waals surface area contributed by atoms with Crippen LogP contribution in [-0.2, 0) is 0 Å². The summed E-state index contributed by atoms with van der Waals surface area (Å²) < 4.78 is 5.26. The molecule has 0 aliphatic carbocycles. The van der Waals surface area contributed by atoms with E-state index >= 15 is 0 Å². The van der Waals surface area contributed by atoms with E-state index in [2.05, 4.69) is 13.8 Å². The molecule has 0 saturated carbocycles. The number of allylic oxidation sites excluding steroid dienone is 2. The number of rotatable bonds is 6. The fraction of sp³-hybridized carbons (Fsp3) is 0.368. The molecule has 2 aliphatic heterocycles. The molecule has 0 radical (unpaired) electrons. The molecule has 2 heterocycles. The third kappa shape index (κ3) is 3.08. The van der Waals surface area contributed by atoms with Crippen LogP contribution in [0.2, 0.25) is 12.6 Å². The van der Waals surface area contributed by atoms with Crippen LogP contribution in [0.3, 0.4) is 0 Å². The summed E-state index contributed by atoms with van der Waals surface area (Å²) in [5, 5.41) is 0. The fourth-order valence-corrected chi connectivity index (χ4v) is 3.91. The van der Waals surface area contributed by atoms with Crippen LogP contribution in [0.5, 0.6) is 5.75 Å². The van der Waals surface area contributed by atoms with Crippen LogP contribution in [-0.4, -0.2) is 30.3 Å². The zero-order chi connectivity index (χ0) is 17.9. The van der Waals surface area contributed by atoms with Gasteiger partial charge < -0.3 is 14.5 Å². The first-order valence-electron chi connectivity index (χ1n) is 9.05. The molecule has 0 unspecified atom stereocenters. The Morgan fingerprint density at radius 3 is 2.36 bits per heavy atom. The standard InChI is InChI=1S/C19H25BN3O2/c1-4-13-20(14-5-2)21-18-8-6-7-15-22(18)19(24)23(20)16-9-11-17(25-3)12-10-16/h6-12,15H,4-5,13-14H2,1-3H3/q-1. The van der Waals surface area contributed by atoms with Gasteiger partial charge in [0.25, 0.3) is 6.03 Å². The van der Waals surface area contributed by atoms with Gasteiger partial charge in [0.05, 0.1) is 12.9 Å². The zero-order valence-electron chi connectivity index (χ0n) is 15.2. The Kier molecular flexibility index (Phi) is 4.97. The molecule has 0 saturated heterocycles. The lowest BCUT2D eigenvalue weighted by molar-refractivity contribution is 0.238. The van der Waals surface area contributed by atoms with Gasteiger partial charge in [-0.1, -0.05) is 32.8 Å². The van der Waals surface area contributed by atoms with Crippen molar-refractivity contribution in [2.45, 2.75) is 39.3 Å². The van der Waals surface area contributed by atoms with Gasteiger partial charge in [0.1, 0.15) is 5.75 Å². The van der Waals surface area contributed by atoms with Crippen LogP contribution in [0.4, 0.5) is 10.5 Å². The predicted octanol–water partition coefficient (Wildman–Crippen LogP) is 4.68. The summed E-state index contributed by atoms with van der Waals surface area (Å²) in [4.78, 5) is 22.0. The number of anilines is 1. The maximum Gasteiger partial charge on any atom is 0.295 e. The Morgan fingerprint density at radius 2 is 1.76 bits per heavy atom.